The van der Waals surface area contributed by atoms with Crippen molar-refractivity contribution in [2.75, 3.05) is 6.54 Å². The average molecular weight is 320 g/mol. The van der Waals surface area contributed by atoms with Gasteiger partial charge in [-0.15, -0.1) is 0 Å². The number of aromatic nitrogens is 3. The highest BCUT2D eigenvalue weighted by Gasteiger charge is 2.20. The molecule has 0 saturated carbocycles. The molecule has 0 saturated heterocycles. The molecule has 1 aliphatic heterocycles. The van der Waals surface area contributed by atoms with Crippen LogP contribution in [-0.4, -0.2) is 21.5 Å². The van der Waals surface area contributed by atoms with E-state index in [4.69, 9.17) is 4.98 Å². The standard InChI is InChI=1S/C20H24N4/c1-11(2)18-19(15-7-12(3)22-13(4)8-15)23-16-9-14-5-6-21-10-17(14)24-20(16)18/h7-9,11,21,23H,5-6,10H2,1-4H3. The molecule has 0 aromatic carbocycles. The minimum absolute atomic E-state index is 0.407. The van der Waals surface area contributed by atoms with E-state index in [1.54, 1.807) is 0 Å². The van der Waals surface area contributed by atoms with Gasteiger partial charge in [0.1, 0.15) is 0 Å². The van der Waals surface area contributed by atoms with Crippen LogP contribution < -0.4 is 5.32 Å². The van der Waals surface area contributed by atoms with E-state index < -0.39 is 0 Å². The van der Waals surface area contributed by atoms with Gasteiger partial charge in [-0.25, -0.2) is 4.98 Å². The number of fused-ring (bicyclic) bond motifs is 2. The number of aryl methyl sites for hydroxylation is 2. The zero-order valence-corrected chi connectivity index (χ0v) is 14.8. The number of pyridine rings is 2. The maximum absolute atomic E-state index is 5.02. The molecule has 4 rings (SSSR count). The van der Waals surface area contributed by atoms with E-state index in [2.05, 4.69) is 61.2 Å². The Kier molecular flexibility index (Phi) is 3.65. The number of hydrogen-bond acceptors (Lipinski definition) is 3. The largest absolute Gasteiger partial charge is 0.353 e. The summed E-state index contributed by atoms with van der Waals surface area (Å²) in [6, 6.07) is 6.62. The maximum Gasteiger partial charge on any atom is 0.0924 e. The Hall–Kier alpha value is -2.20. The minimum Gasteiger partial charge on any atom is -0.353 e. The second-order valence-corrected chi connectivity index (χ2v) is 7.12. The fourth-order valence-corrected chi connectivity index (χ4v) is 3.78. The fourth-order valence-electron chi connectivity index (χ4n) is 3.78. The highest BCUT2D eigenvalue weighted by molar-refractivity contribution is 5.89. The van der Waals surface area contributed by atoms with Crippen LogP contribution in [0.15, 0.2) is 18.2 Å². The first kappa shape index (κ1) is 15.3. The van der Waals surface area contributed by atoms with Crippen molar-refractivity contribution in [3.05, 3.63) is 46.4 Å². The number of aromatic amines is 1. The fraction of sp³-hybridized carbons (Fsp3) is 0.400. The average Bonchev–Trinajstić information content (AvgIpc) is 2.90. The summed E-state index contributed by atoms with van der Waals surface area (Å²) in [7, 11) is 0. The summed E-state index contributed by atoms with van der Waals surface area (Å²) in [6.45, 7) is 10.5. The van der Waals surface area contributed by atoms with Crippen molar-refractivity contribution in [3.8, 4) is 11.3 Å². The molecule has 0 amide bonds. The van der Waals surface area contributed by atoms with Crippen molar-refractivity contribution in [2.45, 2.75) is 46.6 Å². The molecule has 0 bridgehead atoms. The van der Waals surface area contributed by atoms with E-state index in [1.165, 1.54) is 28.1 Å². The molecule has 4 nitrogen and oxygen atoms in total. The van der Waals surface area contributed by atoms with Gasteiger partial charge in [-0.3, -0.25) is 4.98 Å². The van der Waals surface area contributed by atoms with Gasteiger partial charge in [0.15, 0.2) is 0 Å². The third-order valence-electron chi connectivity index (χ3n) is 4.79. The zero-order chi connectivity index (χ0) is 16.8. The summed E-state index contributed by atoms with van der Waals surface area (Å²) in [5.41, 5.74) is 10.6. The van der Waals surface area contributed by atoms with E-state index in [0.29, 0.717) is 5.92 Å². The van der Waals surface area contributed by atoms with Crippen LogP contribution in [0, 0.1) is 13.8 Å². The molecular formula is C20H24N4. The van der Waals surface area contributed by atoms with Crippen molar-refractivity contribution < 1.29 is 0 Å². The molecule has 24 heavy (non-hydrogen) atoms. The topological polar surface area (TPSA) is 53.6 Å². The van der Waals surface area contributed by atoms with Crippen molar-refractivity contribution in [1.29, 1.82) is 0 Å². The predicted molar refractivity (Wildman–Crippen MR) is 98.3 cm³/mol. The van der Waals surface area contributed by atoms with E-state index in [-0.39, 0.29) is 0 Å². The number of H-pyrrole nitrogens is 1. The molecule has 4 heterocycles. The first-order chi connectivity index (χ1) is 11.5. The Bertz CT molecular complexity index is 901. The lowest BCUT2D eigenvalue weighted by Gasteiger charge is -2.16. The molecular weight excluding hydrogens is 296 g/mol. The zero-order valence-electron chi connectivity index (χ0n) is 14.8. The van der Waals surface area contributed by atoms with Crippen molar-refractivity contribution in [2.24, 2.45) is 0 Å². The Morgan fingerprint density at radius 2 is 1.79 bits per heavy atom. The lowest BCUT2D eigenvalue weighted by atomic mass is 9.97. The molecule has 3 aromatic rings. The van der Waals surface area contributed by atoms with Crippen molar-refractivity contribution in [1.82, 2.24) is 20.3 Å². The van der Waals surface area contributed by atoms with Gasteiger partial charge < -0.3 is 10.3 Å². The molecule has 4 heteroatoms. The maximum atomic E-state index is 5.02. The van der Waals surface area contributed by atoms with Crippen LogP contribution in [0.1, 0.15) is 48.0 Å². The van der Waals surface area contributed by atoms with Crippen LogP contribution in [0.25, 0.3) is 22.3 Å². The summed E-state index contributed by atoms with van der Waals surface area (Å²) in [5.74, 6) is 0.407. The Morgan fingerprint density at radius 1 is 1.04 bits per heavy atom. The van der Waals surface area contributed by atoms with Gasteiger partial charge in [-0.1, -0.05) is 13.8 Å². The number of rotatable bonds is 2. The van der Waals surface area contributed by atoms with Gasteiger partial charge in [-0.05, 0) is 56.5 Å². The predicted octanol–water partition coefficient (Wildman–Crippen LogP) is 4.01. The SMILES string of the molecule is Cc1cc(-c2[nH]c3cc4c(nc3c2C(C)C)CNCC4)cc(C)n1. The third kappa shape index (κ3) is 2.51. The van der Waals surface area contributed by atoms with Crippen molar-refractivity contribution >= 4 is 11.0 Å². The van der Waals surface area contributed by atoms with E-state index in [0.717, 1.165) is 41.9 Å². The van der Waals surface area contributed by atoms with Gasteiger partial charge >= 0.3 is 0 Å². The molecule has 0 radical (unpaired) electrons. The third-order valence-corrected chi connectivity index (χ3v) is 4.79. The van der Waals surface area contributed by atoms with Gasteiger partial charge in [-0.2, -0.15) is 0 Å². The molecule has 124 valence electrons. The first-order valence-electron chi connectivity index (χ1n) is 8.73. The van der Waals surface area contributed by atoms with Crippen LogP contribution in [0.5, 0.6) is 0 Å². The van der Waals surface area contributed by atoms with E-state index >= 15 is 0 Å². The second-order valence-electron chi connectivity index (χ2n) is 7.12. The number of hydrogen-bond donors (Lipinski definition) is 2. The molecule has 0 atom stereocenters. The summed E-state index contributed by atoms with van der Waals surface area (Å²) >= 11 is 0. The summed E-state index contributed by atoms with van der Waals surface area (Å²) in [5, 5.41) is 3.43. The summed E-state index contributed by atoms with van der Waals surface area (Å²) in [4.78, 5) is 13.2. The monoisotopic (exact) mass is 320 g/mol. The molecule has 1 aliphatic rings. The van der Waals surface area contributed by atoms with Crippen LogP contribution >= 0.6 is 0 Å². The van der Waals surface area contributed by atoms with E-state index in [1.807, 2.05) is 0 Å². The molecule has 2 N–H and O–H groups in total. The van der Waals surface area contributed by atoms with Crippen LogP contribution in [-0.2, 0) is 13.0 Å². The number of nitrogens with one attached hydrogen (secondary N) is 2. The highest BCUT2D eigenvalue weighted by atomic mass is 14.9. The Morgan fingerprint density at radius 3 is 2.50 bits per heavy atom. The minimum atomic E-state index is 0.407. The van der Waals surface area contributed by atoms with Crippen LogP contribution in [0.4, 0.5) is 0 Å². The lowest BCUT2D eigenvalue weighted by molar-refractivity contribution is 0.630. The Balaban J connectivity index is 1.99. The van der Waals surface area contributed by atoms with Crippen molar-refractivity contribution in [3.63, 3.8) is 0 Å². The van der Waals surface area contributed by atoms with E-state index in [9.17, 15) is 0 Å². The highest BCUT2D eigenvalue weighted by Crippen LogP contribution is 2.36. The molecule has 0 fully saturated rings. The van der Waals surface area contributed by atoms with Gasteiger partial charge in [0, 0.05) is 29.1 Å². The molecule has 0 spiro atoms. The normalized spacial score (nSPS) is 14.4. The molecule has 3 aromatic heterocycles. The first-order valence-corrected chi connectivity index (χ1v) is 8.73. The van der Waals surface area contributed by atoms with Crippen LogP contribution in [0.3, 0.4) is 0 Å². The smallest absolute Gasteiger partial charge is 0.0924 e. The van der Waals surface area contributed by atoms with Gasteiger partial charge in [0.25, 0.3) is 0 Å². The molecule has 0 aliphatic carbocycles. The Labute approximate surface area is 142 Å². The molecule has 0 unspecified atom stereocenters. The number of nitrogens with zero attached hydrogens (tertiary/aromatic N) is 2. The van der Waals surface area contributed by atoms with Gasteiger partial charge in [0.05, 0.1) is 22.4 Å². The van der Waals surface area contributed by atoms with Crippen LogP contribution in [0.2, 0.25) is 0 Å². The second kappa shape index (κ2) is 5.71. The van der Waals surface area contributed by atoms with Gasteiger partial charge in [0.2, 0.25) is 0 Å². The summed E-state index contributed by atoms with van der Waals surface area (Å²) < 4.78 is 0. The lowest BCUT2D eigenvalue weighted by Crippen LogP contribution is -2.24. The quantitative estimate of drug-likeness (QED) is 0.750. The summed E-state index contributed by atoms with van der Waals surface area (Å²) in [6.07, 6.45) is 1.05.